The Morgan fingerprint density at radius 2 is 1.76 bits per heavy atom. The van der Waals surface area contributed by atoms with Gasteiger partial charge >= 0.3 is 0 Å². The van der Waals surface area contributed by atoms with Crippen molar-refractivity contribution in [2.45, 2.75) is 39.3 Å². The minimum atomic E-state index is -1.39. The number of hydrogen-bond acceptors (Lipinski definition) is 2. The maximum absolute atomic E-state index is 13.7. The van der Waals surface area contributed by atoms with E-state index in [1.807, 2.05) is 13.8 Å². The minimum absolute atomic E-state index is 0.0142. The fourth-order valence-corrected chi connectivity index (χ4v) is 2.30. The lowest BCUT2D eigenvalue weighted by molar-refractivity contribution is 0.165. The van der Waals surface area contributed by atoms with E-state index in [9.17, 15) is 18.3 Å². The molecule has 1 unspecified atom stereocenters. The molecular formula is C15H17F3N2O. The molecule has 0 bridgehead atoms. The predicted octanol–water partition coefficient (Wildman–Crippen LogP) is 3.16. The number of rotatable bonds is 5. The van der Waals surface area contributed by atoms with Crippen molar-refractivity contribution in [3.8, 4) is 0 Å². The van der Waals surface area contributed by atoms with E-state index < -0.39 is 29.1 Å². The van der Waals surface area contributed by atoms with Crippen LogP contribution in [0.2, 0.25) is 0 Å². The first-order chi connectivity index (χ1) is 9.96. The molecule has 0 aliphatic rings. The standard InChI is InChI=1S/C15H17F3N2O/c1-3-10-7-11(20(4-2)19-10)8-14(21)15-12(17)5-9(16)6-13(15)18/h5-7,14,21H,3-4,8H2,1-2H3. The molecule has 1 N–H and O–H groups in total. The van der Waals surface area contributed by atoms with Gasteiger partial charge in [-0.25, -0.2) is 13.2 Å². The van der Waals surface area contributed by atoms with Gasteiger partial charge in [0, 0.05) is 30.8 Å². The van der Waals surface area contributed by atoms with Crippen LogP contribution in [0.1, 0.15) is 36.9 Å². The lowest BCUT2D eigenvalue weighted by Gasteiger charge is -2.13. The van der Waals surface area contributed by atoms with Gasteiger partial charge in [0.15, 0.2) is 0 Å². The molecule has 0 radical (unpaired) electrons. The van der Waals surface area contributed by atoms with Crippen LogP contribution in [0, 0.1) is 17.5 Å². The van der Waals surface area contributed by atoms with Crippen LogP contribution in [-0.4, -0.2) is 14.9 Å². The van der Waals surface area contributed by atoms with Crippen LogP contribution in [0.3, 0.4) is 0 Å². The van der Waals surface area contributed by atoms with Gasteiger partial charge in [-0.3, -0.25) is 4.68 Å². The van der Waals surface area contributed by atoms with Gasteiger partial charge in [0.05, 0.1) is 17.4 Å². The zero-order valence-corrected chi connectivity index (χ0v) is 11.9. The summed E-state index contributed by atoms with van der Waals surface area (Å²) in [5, 5.41) is 14.4. The second kappa shape index (κ2) is 6.30. The Kier molecular flexibility index (Phi) is 4.67. The van der Waals surface area contributed by atoms with Crippen molar-refractivity contribution < 1.29 is 18.3 Å². The van der Waals surface area contributed by atoms with Gasteiger partial charge in [-0.2, -0.15) is 5.10 Å². The van der Waals surface area contributed by atoms with Crippen LogP contribution in [0.4, 0.5) is 13.2 Å². The molecule has 6 heteroatoms. The minimum Gasteiger partial charge on any atom is -0.388 e. The summed E-state index contributed by atoms with van der Waals surface area (Å²) in [4.78, 5) is 0. The molecule has 0 fully saturated rings. The molecule has 114 valence electrons. The van der Waals surface area contributed by atoms with Gasteiger partial charge in [-0.1, -0.05) is 6.92 Å². The van der Waals surface area contributed by atoms with Gasteiger partial charge in [-0.05, 0) is 19.4 Å². The summed E-state index contributed by atoms with van der Waals surface area (Å²) in [6, 6.07) is 2.93. The first kappa shape index (κ1) is 15.6. The number of halogens is 3. The molecule has 0 saturated heterocycles. The Morgan fingerprint density at radius 3 is 2.29 bits per heavy atom. The summed E-state index contributed by atoms with van der Waals surface area (Å²) in [7, 11) is 0. The average molecular weight is 298 g/mol. The highest BCUT2D eigenvalue weighted by Crippen LogP contribution is 2.25. The molecular weight excluding hydrogens is 281 g/mol. The van der Waals surface area contributed by atoms with E-state index in [0.29, 0.717) is 24.4 Å². The van der Waals surface area contributed by atoms with Crippen LogP contribution in [0.5, 0.6) is 0 Å². The van der Waals surface area contributed by atoms with E-state index in [1.165, 1.54) is 0 Å². The third kappa shape index (κ3) is 3.26. The van der Waals surface area contributed by atoms with Crippen molar-refractivity contribution in [3.63, 3.8) is 0 Å². The van der Waals surface area contributed by atoms with Crippen LogP contribution < -0.4 is 0 Å². The molecule has 0 aliphatic heterocycles. The molecule has 1 atom stereocenters. The summed E-state index contributed by atoms with van der Waals surface area (Å²) < 4.78 is 41.9. The van der Waals surface area contributed by atoms with Gasteiger partial charge in [0.2, 0.25) is 0 Å². The normalized spacial score (nSPS) is 12.7. The third-order valence-electron chi connectivity index (χ3n) is 3.36. The summed E-state index contributed by atoms with van der Waals surface area (Å²) in [6.45, 7) is 4.43. The number of benzene rings is 1. The zero-order chi connectivity index (χ0) is 15.6. The van der Waals surface area contributed by atoms with E-state index >= 15 is 0 Å². The molecule has 3 nitrogen and oxygen atoms in total. The van der Waals surface area contributed by atoms with Crippen molar-refractivity contribution in [3.05, 3.63) is 52.6 Å². The maximum atomic E-state index is 13.7. The Morgan fingerprint density at radius 1 is 1.14 bits per heavy atom. The summed E-state index contributed by atoms with van der Waals surface area (Å²) in [5.41, 5.74) is 1.02. The molecule has 0 aliphatic carbocycles. The smallest absolute Gasteiger partial charge is 0.134 e. The fraction of sp³-hybridized carbons (Fsp3) is 0.400. The molecule has 1 aromatic carbocycles. The van der Waals surface area contributed by atoms with Gasteiger partial charge in [-0.15, -0.1) is 0 Å². The van der Waals surface area contributed by atoms with Crippen LogP contribution in [-0.2, 0) is 19.4 Å². The van der Waals surface area contributed by atoms with E-state index in [0.717, 1.165) is 12.1 Å². The lowest BCUT2D eigenvalue weighted by atomic mass is 10.0. The van der Waals surface area contributed by atoms with Crippen molar-refractivity contribution in [2.75, 3.05) is 0 Å². The number of aromatic nitrogens is 2. The van der Waals surface area contributed by atoms with Crippen LogP contribution >= 0.6 is 0 Å². The number of nitrogens with zero attached hydrogens (tertiary/aromatic N) is 2. The van der Waals surface area contributed by atoms with E-state index in [1.54, 1.807) is 10.7 Å². The zero-order valence-electron chi connectivity index (χ0n) is 11.9. The Bertz CT molecular complexity index is 617. The third-order valence-corrected chi connectivity index (χ3v) is 3.36. The van der Waals surface area contributed by atoms with Crippen LogP contribution in [0.15, 0.2) is 18.2 Å². The summed E-state index contributed by atoms with van der Waals surface area (Å²) >= 11 is 0. The highest BCUT2D eigenvalue weighted by Gasteiger charge is 2.21. The molecule has 0 amide bonds. The Hall–Kier alpha value is -1.82. The Labute approximate surface area is 121 Å². The molecule has 2 rings (SSSR count). The van der Waals surface area contributed by atoms with E-state index in [4.69, 9.17) is 0 Å². The van der Waals surface area contributed by atoms with Gasteiger partial charge in [0.25, 0.3) is 0 Å². The van der Waals surface area contributed by atoms with Gasteiger partial charge in [0.1, 0.15) is 17.5 Å². The molecule has 21 heavy (non-hydrogen) atoms. The second-order valence-corrected chi connectivity index (χ2v) is 4.80. The molecule has 0 saturated carbocycles. The maximum Gasteiger partial charge on any atom is 0.134 e. The number of aliphatic hydroxyl groups excluding tert-OH is 1. The number of aryl methyl sites for hydroxylation is 2. The molecule has 0 spiro atoms. The molecule has 2 aromatic rings. The van der Waals surface area contributed by atoms with E-state index in [2.05, 4.69) is 5.10 Å². The average Bonchev–Trinajstić information content (AvgIpc) is 2.79. The summed E-state index contributed by atoms with van der Waals surface area (Å²) in [5.74, 6) is -3.18. The van der Waals surface area contributed by atoms with Crippen LogP contribution in [0.25, 0.3) is 0 Å². The van der Waals surface area contributed by atoms with Crippen molar-refractivity contribution in [2.24, 2.45) is 0 Å². The van der Waals surface area contributed by atoms with Crippen molar-refractivity contribution >= 4 is 0 Å². The SMILES string of the molecule is CCc1cc(CC(O)c2c(F)cc(F)cc2F)n(CC)n1. The lowest BCUT2D eigenvalue weighted by Crippen LogP contribution is -2.11. The second-order valence-electron chi connectivity index (χ2n) is 4.80. The summed E-state index contributed by atoms with van der Waals surface area (Å²) in [6.07, 6.45) is -0.646. The van der Waals surface area contributed by atoms with E-state index in [-0.39, 0.29) is 6.42 Å². The van der Waals surface area contributed by atoms with Crippen molar-refractivity contribution in [1.82, 2.24) is 9.78 Å². The largest absolute Gasteiger partial charge is 0.388 e. The first-order valence-electron chi connectivity index (χ1n) is 6.84. The predicted molar refractivity (Wildman–Crippen MR) is 72.3 cm³/mol. The Balaban J connectivity index is 2.30. The van der Waals surface area contributed by atoms with Crippen molar-refractivity contribution in [1.29, 1.82) is 0 Å². The quantitative estimate of drug-likeness (QED) is 0.921. The molecule has 1 heterocycles. The number of hydrogen-bond donors (Lipinski definition) is 1. The monoisotopic (exact) mass is 298 g/mol. The molecule has 1 aromatic heterocycles. The highest BCUT2D eigenvalue weighted by atomic mass is 19.1. The highest BCUT2D eigenvalue weighted by molar-refractivity contribution is 5.25. The van der Waals surface area contributed by atoms with Gasteiger partial charge < -0.3 is 5.11 Å². The number of aliphatic hydroxyl groups is 1. The first-order valence-corrected chi connectivity index (χ1v) is 6.84. The topological polar surface area (TPSA) is 38.0 Å². The fourth-order valence-electron chi connectivity index (χ4n) is 2.30.